The van der Waals surface area contributed by atoms with Crippen molar-refractivity contribution in [3.8, 4) is 0 Å². The summed E-state index contributed by atoms with van der Waals surface area (Å²) in [6, 6.07) is 12.4. The molecule has 1 unspecified atom stereocenters. The average Bonchev–Trinajstić information content (AvgIpc) is 2.47. The van der Waals surface area contributed by atoms with Crippen LogP contribution in [0.4, 0.5) is 0 Å². The van der Waals surface area contributed by atoms with Crippen LogP contribution in [0.5, 0.6) is 0 Å². The molecule has 0 fully saturated rings. The first-order valence-electron chi connectivity index (χ1n) is 6.97. The maximum atomic E-state index is 6.40. The first-order chi connectivity index (χ1) is 10.1. The summed E-state index contributed by atoms with van der Waals surface area (Å²) in [6.45, 7) is 5.68. The van der Waals surface area contributed by atoms with E-state index >= 15 is 0 Å². The molecule has 1 aliphatic heterocycles. The molecule has 1 atom stereocenters. The lowest BCUT2D eigenvalue weighted by atomic mass is 9.84. The quantitative estimate of drug-likeness (QED) is 0.734. The molecule has 0 aliphatic carbocycles. The number of hydrogen-bond acceptors (Lipinski definition) is 1. The van der Waals surface area contributed by atoms with Gasteiger partial charge in [0.05, 0.1) is 0 Å². The van der Waals surface area contributed by atoms with Crippen molar-refractivity contribution in [3.63, 3.8) is 0 Å². The fourth-order valence-corrected chi connectivity index (χ4v) is 3.60. The van der Waals surface area contributed by atoms with Crippen LogP contribution in [0.15, 0.2) is 43.0 Å². The molecule has 0 saturated heterocycles. The number of benzene rings is 2. The van der Waals surface area contributed by atoms with Crippen LogP contribution in [0, 0.1) is 0 Å². The minimum absolute atomic E-state index is 0.287. The Kier molecular flexibility index (Phi) is 4.08. The van der Waals surface area contributed by atoms with Crippen molar-refractivity contribution in [1.82, 2.24) is 4.90 Å². The molecule has 0 bridgehead atoms. The van der Waals surface area contributed by atoms with E-state index in [-0.39, 0.29) is 5.92 Å². The average molecular weight is 318 g/mol. The van der Waals surface area contributed by atoms with Gasteiger partial charge < -0.3 is 4.90 Å². The van der Waals surface area contributed by atoms with E-state index in [4.69, 9.17) is 23.2 Å². The number of likely N-dealkylation sites (N-methyl/N-ethyl adjacent to an activating group) is 1. The summed E-state index contributed by atoms with van der Waals surface area (Å²) in [4.78, 5) is 2.30. The Morgan fingerprint density at radius 3 is 2.81 bits per heavy atom. The summed E-state index contributed by atoms with van der Waals surface area (Å²) in [5, 5.41) is 1.46. The molecule has 0 amide bonds. The Morgan fingerprint density at radius 2 is 2.05 bits per heavy atom. The van der Waals surface area contributed by atoms with Gasteiger partial charge >= 0.3 is 0 Å². The number of fused-ring (bicyclic) bond motifs is 1. The van der Waals surface area contributed by atoms with E-state index in [1.807, 2.05) is 12.1 Å². The molecular formula is C18H17Cl2N. The zero-order chi connectivity index (χ0) is 15.0. The summed E-state index contributed by atoms with van der Waals surface area (Å²) in [6.07, 6.45) is 1.88. The minimum atomic E-state index is 0.287. The predicted octanol–water partition coefficient (Wildman–Crippen LogP) is 5.21. The van der Waals surface area contributed by atoms with Crippen LogP contribution in [0.25, 0.3) is 6.08 Å². The molecular weight excluding hydrogens is 301 g/mol. The zero-order valence-electron chi connectivity index (χ0n) is 11.9. The smallest absolute Gasteiger partial charge is 0.0468 e. The summed E-state index contributed by atoms with van der Waals surface area (Å²) < 4.78 is 0. The lowest BCUT2D eigenvalue weighted by Gasteiger charge is -2.33. The Labute approximate surface area is 135 Å². The highest BCUT2D eigenvalue weighted by Gasteiger charge is 2.27. The van der Waals surface area contributed by atoms with E-state index in [1.165, 1.54) is 16.7 Å². The van der Waals surface area contributed by atoms with Gasteiger partial charge in [-0.1, -0.05) is 60.1 Å². The zero-order valence-corrected chi connectivity index (χ0v) is 13.5. The van der Waals surface area contributed by atoms with Crippen LogP contribution in [0.1, 0.15) is 28.2 Å². The van der Waals surface area contributed by atoms with Crippen LogP contribution < -0.4 is 0 Å². The van der Waals surface area contributed by atoms with E-state index < -0.39 is 0 Å². The summed E-state index contributed by atoms with van der Waals surface area (Å²) in [5.74, 6) is 0.287. The number of hydrogen-bond donors (Lipinski definition) is 0. The molecule has 1 nitrogen and oxygen atoms in total. The van der Waals surface area contributed by atoms with Crippen molar-refractivity contribution in [2.24, 2.45) is 0 Å². The van der Waals surface area contributed by atoms with E-state index in [0.717, 1.165) is 23.7 Å². The molecule has 108 valence electrons. The third kappa shape index (κ3) is 2.87. The molecule has 0 aromatic heterocycles. The molecule has 0 spiro atoms. The first-order valence-corrected chi connectivity index (χ1v) is 7.73. The van der Waals surface area contributed by atoms with Crippen LogP contribution >= 0.6 is 23.2 Å². The van der Waals surface area contributed by atoms with Crippen LogP contribution in [-0.2, 0) is 6.54 Å². The van der Waals surface area contributed by atoms with Gasteiger partial charge in [0.2, 0.25) is 0 Å². The van der Waals surface area contributed by atoms with Crippen molar-refractivity contribution in [1.29, 1.82) is 0 Å². The van der Waals surface area contributed by atoms with E-state index in [1.54, 1.807) is 0 Å². The highest BCUT2D eigenvalue weighted by molar-refractivity contribution is 6.35. The lowest BCUT2D eigenvalue weighted by Crippen LogP contribution is -2.31. The van der Waals surface area contributed by atoms with Gasteiger partial charge in [0.15, 0.2) is 0 Å². The highest BCUT2D eigenvalue weighted by atomic mass is 35.5. The SMILES string of the molecule is C=Cc1cccc(C2CN(C)Cc3c(Cl)cc(Cl)cc32)c1. The van der Waals surface area contributed by atoms with Gasteiger partial charge in [-0.05, 0) is 41.4 Å². The number of nitrogens with zero attached hydrogens (tertiary/aromatic N) is 1. The molecule has 2 aromatic rings. The van der Waals surface area contributed by atoms with Gasteiger partial charge in [-0.3, -0.25) is 0 Å². The third-order valence-corrected chi connectivity index (χ3v) is 4.60. The number of rotatable bonds is 2. The maximum absolute atomic E-state index is 6.40. The van der Waals surface area contributed by atoms with Crippen molar-refractivity contribution in [2.75, 3.05) is 13.6 Å². The first kappa shape index (κ1) is 14.6. The van der Waals surface area contributed by atoms with E-state index in [0.29, 0.717) is 5.02 Å². The van der Waals surface area contributed by atoms with Gasteiger partial charge in [-0.2, -0.15) is 0 Å². The fourth-order valence-electron chi connectivity index (χ4n) is 3.03. The molecule has 2 aromatic carbocycles. The fraction of sp³-hybridized carbons (Fsp3) is 0.222. The Morgan fingerprint density at radius 1 is 1.24 bits per heavy atom. The Balaban J connectivity index is 2.14. The van der Waals surface area contributed by atoms with Crippen LogP contribution in [-0.4, -0.2) is 18.5 Å². The standard InChI is InChI=1S/C18H17Cl2N/c1-3-12-5-4-6-13(7-12)16-10-21(2)11-17-15(16)8-14(19)9-18(17)20/h3-9,16H,1,10-11H2,2H3. The van der Waals surface area contributed by atoms with Crippen molar-refractivity contribution in [2.45, 2.75) is 12.5 Å². The second-order valence-corrected chi connectivity index (χ2v) is 6.42. The normalized spacial score (nSPS) is 18.3. The van der Waals surface area contributed by atoms with E-state index in [2.05, 4.69) is 48.9 Å². The summed E-state index contributed by atoms with van der Waals surface area (Å²) in [7, 11) is 2.12. The van der Waals surface area contributed by atoms with Crippen LogP contribution in [0.2, 0.25) is 10.0 Å². The topological polar surface area (TPSA) is 3.24 Å². The van der Waals surface area contributed by atoms with Gasteiger partial charge in [-0.15, -0.1) is 0 Å². The summed E-state index contributed by atoms with van der Waals surface area (Å²) in [5.41, 5.74) is 4.84. The highest BCUT2D eigenvalue weighted by Crippen LogP contribution is 2.38. The van der Waals surface area contributed by atoms with Gasteiger partial charge in [0.25, 0.3) is 0 Å². The van der Waals surface area contributed by atoms with Crippen molar-refractivity contribution in [3.05, 3.63) is 75.3 Å². The minimum Gasteiger partial charge on any atom is -0.301 e. The number of halogens is 2. The van der Waals surface area contributed by atoms with Crippen LogP contribution in [0.3, 0.4) is 0 Å². The van der Waals surface area contributed by atoms with Crippen molar-refractivity contribution < 1.29 is 0 Å². The Hall–Kier alpha value is -1.28. The molecule has 21 heavy (non-hydrogen) atoms. The monoisotopic (exact) mass is 317 g/mol. The van der Waals surface area contributed by atoms with Crippen molar-refractivity contribution >= 4 is 29.3 Å². The Bertz CT molecular complexity index is 694. The van der Waals surface area contributed by atoms with E-state index in [9.17, 15) is 0 Å². The lowest BCUT2D eigenvalue weighted by molar-refractivity contribution is 0.295. The van der Waals surface area contributed by atoms with Gasteiger partial charge in [-0.25, -0.2) is 0 Å². The molecule has 0 radical (unpaired) electrons. The van der Waals surface area contributed by atoms with Gasteiger partial charge in [0, 0.05) is 29.1 Å². The second-order valence-electron chi connectivity index (χ2n) is 5.58. The molecule has 0 saturated carbocycles. The largest absolute Gasteiger partial charge is 0.301 e. The molecule has 3 rings (SSSR count). The molecule has 0 N–H and O–H groups in total. The maximum Gasteiger partial charge on any atom is 0.0468 e. The second kappa shape index (κ2) is 5.84. The predicted molar refractivity (Wildman–Crippen MR) is 91.2 cm³/mol. The van der Waals surface area contributed by atoms with Gasteiger partial charge in [0.1, 0.15) is 0 Å². The molecule has 1 heterocycles. The molecule has 1 aliphatic rings. The summed E-state index contributed by atoms with van der Waals surface area (Å²) >= 11 is 12.6. The third-order valence-electron chi connectivity index (χ3n) is 4.04. The molecule has 3 heteroatoms.